The molecule has 0 aliphatic rings. The van der Waals surface area contributed by atoms with Crippen molar-refractivity contribution in [2.45, 2.75) is 0 Å². The van der Waals surface area contributed by atoms with Gasteiger partial charge in [-0.3, -0.25) is 4.79 Å². The molecule has 1 amide bonds. The zero-order valence-corrected chi connectivity index (χ0v) is 14.9. The van der Waals surface area contributed by atoms with Crippen LogP contribution in [0.1, 0.15) is 0 Å². The number of ether oxygens (including phenoxy) is 3. The molecule has 0 aromatic heterocycles. The van der Waals surface area contributed by atoms with Crippen LogP contribution in [0, 0.1) is 3.57 Å². The molecular formula is C17H18INO4. The van der Waals surface area contributed by atoms with Gasteiger partial charge in [-0.2, -0.15) is 0 Å². The number of nitrogens with one attached hydrogen (secondary N) is 1. The summed E-state index contributed by atoms with van der Waals surface area (Å²) >= 11 is 2.17. The van der Waals surface area contributed by atoms with Gasteiger partial charge in [0.05, 0.1) is 17.2 Å². The van der Waals surface area contributed by atoms with Crippen molar-refractivity contribution in [1.29, 1.82) is 0 Å². The standard InChI is InChI=1S/C17H18INO4/c1-21-15-8-4-5-9-16(15)22-11-10-19-17(20)12-23-14-7-3-2-6-13(14)18/h2-9H,10-12H2,1H3,(H,19,20). The second kappa shape index (κ2) is 9.24. The predicted octanol–water partition coefficient (Wildman–Crippen LogP) is 2.87. The first-order valence-electron chi connectivity index (χ1n) is 7.10. The third-order valence-corrected chi connectivity index (χ3v) is 3.84. The number of hydrogen-bond donors (Lipinski definition) is 1. The van der Waals surface area contributed by atoms with Gasteiger partial charge in [0, 0.05) is 0 Å². The second-order valence-corrected chi connectivity index (χ2v) is 5.73. The van der Waals surface area contributed by atoms with Crippen LogP contribution in [0.2, 0.25) is 0 Å². The molecule has 5 nitrogen and oxygen atoms in total. The van der Waals surface area contributed by atoms with Crippen LogP contribution in [0.5, 0.6) is 17.2 Å². The molecule has 0 saturated heterocycles. The van der Waals surface area contributed by atoms with Crippen LogP contribution in [0.25, 0.3) is 0 Å². The average molecular weight is 427 g/mol. The first-order chi connectivity index (χ1) is 11.2. The summed E-state index contributed by atoms with van der Waals surface area (Å²) in [5.74, 6) is 1.84. The van der Waals surface area contributed by atoms with Gasteiger partial charge in [0.25, 0.3) is 5.91 Å². The van der Waals surface area contributed by atoms with Crippen molar-refractivity contribution in [2.75, 3.05) is 26.9 Å². The van der Waals surface area contributed by atoms with E-state index in [0.717, 1.165) is 3.57 Å². The largest absolute Gasteiger partial charge is 0.493 e. The number of carbonyl (C=O) groups is 1. The topological polar surface area (TPSA) is 56.8 Å². The van der Waals surface area contributed by atoms with E-state index < -0.39 is 0 Å². The fraction of sp³-hybridized carbons (Fsp3) is 0.235. The zero-order valence-electron chi connectivity index (χ0n) is 12.8. The highest BCUT2D eigenvalue weighted by atomic mass is 127. The minimum absolute atomic E-state index is 0.0192. The Morgan fingerprint density at radius 2 is 1.65 bits per heavy atom. The zero-order chi connectivity index (χ0) is 16.5. The Morgan fingerprint density at radius 3 is 2.35 bits per heavy atom. The maximum Gasteiger partial charge on any atom is 0.258 e. The molecule has 2 aromatic rings. The molecule has 0 aliphatic carbocycles. The summed E-state index contributed by atoms with van der Waals surface area (Å²) in [5.41, 5.74) is 0. The molecule has 0 aliphatic heterocycles. The molecule has 23 heavy (non-hydrogen) atoms. The van der Waals surface area contributed by atoms with E-state index in [-0.39, 0.29) is 12.5 Å². The number of para-hydroxylation sites is 3. The first-order valence-corrected chi connectivity index (χ1v) is 8.18. The molecule has 2 rings (SSSR count). The number of benzene rings is 2. The lowest BCUT2D eigenvalue weighted by Crippen LogP contribution is -2.32. The van der Waals surface area contributed by atoms with Gasteiger partial charge in [-0.05, 0) is 46.9 Å². The van der Waals surface area contributed by atoms with Crippen LogP contribution in [0.3, 0.4) is 0 Å². The highest BCUT2D eigenvalue weighted by Gasteiger charge is 2.06. The van der Waals surface area contributed by atoms with Gasteiger partial charge >= 0.3 is 0 Å². The van der Waals surface area contributed by atoms with Gasteiger partial charge in [-0.15, -0.1) is 0 Å². The van der Waals surface area contributed by atoms with Crippen molar-refractivity contribution in [1.82, 2.24) is 5.32 Å². The summed E-state index contributed by atoms with van der Waals surface area (Å²) in [4.78, 5) is 11.7. The molecule has 2 aromatic carbocycles. The van der Waals surface area contributed by atoms with Crippen LogP contribution >= 0.6 is 22.6 Å². The lowest BCUT2D eigenvalue weighted by molar-refractivity contribution is -0.123. The Bertz CT molecular complexity index is 648. The Balaban J connectivity index is 1.68. The lowest BCUT2D eigenvalue weighted by atomic mass is 10.3. The molecule has 0 atom stereocenters. The molecule has 0 saturated carbocycles. The van der Waals surface area contributed by atoms with Gasteiger partial charge in [0.15, 0.2) is 18.1 Å². The molecule has 0 bridgehead atoms. The minimum Gasteiger partial charge on any atom is -0.493 e. The van der Waals surface area contributed by atoms with E-state index in [1.807, 2.05) is 48.5 Å². The van der Waals surface area contributed by atoms with Gasteiger partial charge in [-0.25, -0.2) is 0 Å². The first kappa shape index (κ1) is 17.4. The summed E-state index contributed by atoms with van der Waals surface area (Å²) in [7, 11) is 1.59. The number of carbonyl (C=O) groups excluding carboxylic acids is 1. The van der Waals surface area contributed by atoms with Crippen LogP contribution in [-0.4, -0.2) is 32.8 Å². The summed E-state index contributed by atoms with van der Waals surface area (Å²) < 4.78 is 17.2. The fourth-order valence-electron chi connectivity index (χ4n) is 1.85. The minimum atomic E-state index is -0.187. The predicted molar refractivity (Wildman–Crippen MR) is 96.2 cm³/mol. The molecule has 0 heterocycles. The van der Waals surface area contributed by atoms with Gasteiger partial charge < -0.3 is 19.5 Å². The van der Waals surface area contributed by atoms with Crippen molar-refractivity contribution in [3.05, 3.63) is 52.1 Å². The molecule has 1 N–H and O–H groups in total. The average Bonchev–Trinajstić information content (AvgIpc) is 2.58. The fourth-order valence-corrected chi connectivity index (χ4v) is 2.39. The van der Waals surface area contributed by atoms with Gasteiger partial charge in [0.2, 0.25) is 0 Å². The number of methoxy groups -OCH3 is 1. The lowest BCUT2D eigenvalue weighted by Gasteiger charge is -2.11. The maximum absolute atomic E-state index is 11.7. The normalized spacial score (nSPS) is 10.0. The Morgan fingerprint density at radius 1 is 1.00 bits per heavy atom. The molecule has 0 radical (unpaired) electrons. The van der Waals surface area contributed by atoms with Gasteiger partial charge in [-0.1, -0.05) is 24.3 Å². The summed E-state index contributed by atoms with van der Waals surface area (Å²) in [6.07, 6.45) is 0. The summed E-state index contributed by atoms with van der Waals surface area (Å²) in [5, 5.41) is 2.75. The molecule has 122 valence electrons. The van der Waals surface area contributed by atoms with Gasteiger partial charge in [0.1, 0.15) is 12.4 Å². The number of halogens is 1. The van der Waals surface area contributed by atoms with Crippen molar-refractivity contribution in [3.8, 4) is 17.2 Å². The third-order valence-electron chi connectivity index (χ3n) is 2.95. The van der Waals surface area contributed by atoms with Crippen molar-refractivity contribution >= 4 is 28.5 Å². The number of hydrogen-bond acceptors (Lipinski definition) is 4. The number of amides is 1. The Kier molecular flexibility index (Phi) is 6.99. The molecule has 0 unspecified atom stereocenters. The van der Waals surface area contributed by atoms with E-state index in [0.29, 0.717) is 30.4 Å². The maximum atomic E-state index is 11.7. The van der Waals surface area contributed by atoms with E-state index >= 15 is 0 Å². The van der Waals surface area contributed by atoms with Crippen LogP contribution in [0.4, 0.5) is 0 Å². The van der Waals surface area contributed by atoms with Crippen LogP contribution < -0.4 is 19.5 Å². The third kappa shape index (κ3) is 5.63. The Labute approximate surface area is 149 Å². The smallest absolute Gasteiger partial charge is 0.258 e. The van der Waals surface area contributed by atoms with Crippen molar-refractivity contribution in [2.24, 2.45) is 0 Å². The molecule has 0 spiro atoms. The van der Waals surface area contributed by atoms with E-state index in [4.69, 9.17) is 14.2 Å². The van der Waals surface area contributed by atoms with Crippen LogP contribution in [0.15, 0.2) is 48.5 Å². The monoisotopic (exact) mass is 427 g/mol. The summed E-state index contributed by atoms with van der Waals surface area (Å²) in [6.45, 7) is 0.732. The van der Waals surface area contributed by atoms with E-state index in [1.54, 1.807) is 7.11 Å². The molecular weight excluding hydrogens is 409 g/mol. The summed E-state index contributed by atoms with van der Waals surface area (Å²) in [6, 6.07) is 14.9. The Hall–Kier alpha value is -1.96. The quantitative estimate of drug-likeness (QED) is 0.520. The van der Waals surface area contributed by atoms with E-state index in [9.17, 15) is 4.79 Å². The SMILES string of the molecule is COc1ccccc1OCCNC(=O)COc1ccccc1I. The molecule has 6 heteroatoms. The van der Waals surface area contributed by atoms with Crippen LogP contribution in [-0.2, 0) is 4.79 Å². The highest BCUT2D eigenvalue weighted by molar-refractivity contribution is 14.1. The van der Waals surface area contributed by atoms with E-state index in [2.05, 4.69) is 27.9 Å². The van der Waals surface area contributed by atoms with Crippen molar-refractivity contribution in [3.63, 3.8) is 0 Å². The molecule has 0 fully saturated rings. The van der Waals surface area contributed by atoms with Crippen molar-refractivity contribution < 1.29 is 19.0 Å². The van der Waals surface area contributed by atoms with E-state index in [1.165, 1.54) is 0 Å². The highest BCUT2D eigenvalue weighted by Crippen LogP contribution is 2.25. The number of rotatable bonds is 8. The second-order valence-electron chi connectivity index (χ2n) is 4.57.